The number of carbonyl (C=O) groups is 2. The van der Waals surface area contributed by atoms with Gasteiger partial charge in [-0.3, -0.25) is 9.59 Å². The van der Waals surface area contributed by atoms with Crippen LogP contribution in [0.1, 0.15) is 34.5 Å². The van der Waals surface area contributed by atoms with E-state index in [1.807, 2.05) is 23.3 Å². The van der Waals surface area contributed by atoms with Crippen molar-refractivity contribution in [3.63, 3.8) is 0 Å². The number of thiophene rings is 1. The molecule has 1 unspecified atom stereocenters. The Balaban J connectivity index is 1.60. The van der Waals surface area contributed by atoms with Crippen LogP contribution in [0.3, 0.4) is 0 Å². The Morgan fingerprint density at radius 1 is 1.32 bits per heavy atom. The van der Waals surface area contributed by atoms with Crippen molar-refractivity contribution < 1.29 is 19.4 Å². The van der Waals surface area contributed by atoms with Crippen molar-refractivity contribution in [3.05, 3.63) is 21.9 Å². The molecule has 1 aromatic rings. The Labute approximate surface area is 133 Å². The summed E-state index contributed by atoms with van der Waals surface area (Å²) < 4.78 is 5.67. The van der Waals surface area contributed by atoms with Gasteiger partial charge in [-0.05, 0) is 49.1 Å². The van der Waals surface area contributed by atoms with Gasteiger partial charge in [0, 0.05) is 19.7 Å². The fraction of sp³-hybridized carbons (Fsp3) is 0.625. The van der Waals surface area contributed by atoms with Crippen molar-refractivity contribution in [3.8, 4) is 0 Å². The van der Waals surface area contributed by atoms with Crippen LogP contribution >= 0.6 is 11.3 Å². The highest BCUT2D eigenvalue weighted by Gasteiger charge is 2.40. The fourth-order valence-electron chi connectivity index (χ4n) is 3.51. The first-order valence-electron chi connectivity index (χ1n) is 7.75. The van der Waals surface area contributed by atoms with Gasteiger partial charge in [-0.15, -0.1) is 11.3 Å². The Morgan fingerprint density at radius 2 is 2.05 bits per heavy atom. The lowest BCUT2D eigenvalue weighted by Gasteiger charge is -2.35. The van der Waals surface area contributed by atoms with Crippen LogP contribution in [0.15, 0.2) is 11.4 Å². The topological polar surface area (TPSA) is 66.8 Å². The minimum atomic E-state index is -0.754. The molecule has 22 heavy (non-hydrogen) atoms. The molecule has 2 atom stereocenters. The Morgan fingerprint density at radius 3 is 2.64 bits per heavy atom. The molecule has 2 fully saturated rings. The van der Waals surface area contributed by atoms with Gasteiger partial charge in [0.2, 0.25) is 0 Å². The number of hydrogen-bond donors (Lipinski definition) is 1. The zero-order chi connectivity index (χ0) is 15.7. The molecular formula is C16H21NO4S. The van der Waals surface area contributed by atoms with Gasteiger partial charge in [0.1, 0.15) is 0 Å². The number of carbonyl (C=O) groups excluding carboxylic acids is 1. The van der Waals surface area contributed by atoms with E-state index in [9.17, 15) is 14.7 Å². The normalized spacial score (nSPS) is 26.3. The van der Waals surface area contributed by atoms with Gasteiger partial charge in [0.25, 0.3) is 5.91 Å². The summed E-state index contributed by atoms with van der Waals surface area (Å²) in [4.78, 5) is 26.5. The van der Waals surface area contributed by atoms with E-state index in [1.165, 1.54) is 11.3 Å². The summed E-state index contributed by atoms with van der Waals surface area (Å²) in [6.45, 7) is 3.87. The van der Waals surface area contributed by atoms with Crippen molar-refractivity contribution in [2.75, 3.05) is 19.7 Å². The summed E-state index contributed by atoms with van der Waals surface area (Å²) in [6, 6.07) is 1.97. The molecule has 1 N–H and O–H groups in total. The van der Waals surface area contributed by atoms with Crippen LogP contribution in [0, 0.1) is 18.8 Å². The summed E-state index contributed by atoms with van der Waals surface area (Å²) in [5, 5.41) is 11.2. The third-order valence-corrected chi connectivity index (χ3v) is 5.81. The molecule has 120 valence electrons. The molecule has 0 radical (unpaired) electrons. The second kappa shape index (κ2) is 6.38. The summed E-state index contributed by atoms with van der Waals surface area (Å²) in [5.74, 6) is -0.785. The summed E-state index contributed by atoms with van der Waals surface area (Å²) >= 11 is 1.49. The maximum absolute atomic E-state index is 12.5. The molecule has 0 saturated carbocycles. The smallest absolute Gasteiger partial charge is 0.309 e. The number of aliphatic carboxylic acids is 1. The number of carboxylic acids is 1. The number of rotatable bonds is 3. The maximum Gasteiger partial charge on any atom is 0.309 e. The monoisotopic (exact) mass is 323 g/mol. The molecule has 0 bridgehead atoms. The van der Waals surface area contributed by atoms with Crippen LogP contribution in [0.5, 0.6) is 0 Å². The molecule has 1 aromatic heterocycles. The predicted octanol–water partition coefficient (Wildman–Crippen LogP) is 2.40. The van der Waals surface area contributed by atoms with Crippen molar-refractivity contribution in [2.24, 2.45) is 11.8 Å². The lowest BCUT2D eigenvalue weighted by molar-refractivity contribution is -0.145. The van der Waals surface area contributed by atoms with E-state index in [1.54, 1.807) is 0 Å². The third-order valence-electron chi connectivity index (χ3n) is 4.80. The van der Waals surface area contributed by atoms with E-state index in [0.717, 1.165) is 23.3 Å². The lowest BCUT2D eigenvalue weighted by atomic mass is 9.84. The van der Waals surface area contributed by atoms with Gasteiger partial charge in [-0.25, -0.2) is 0 Å². The predicted molar refractivity (Wildman–Crippen MR) is 83.2 cm³/mol. The van der Waals surface area contributed by atoms with E-state index in [4.69, 9.17) is 4.74 Å². The SMILES string of the molecule is Cc1ccsc1C(=O)N1CCC([C@@H]2OCCC2C(=O)O)CC1. The average Bonchev–Trinajstić information content (AvgIpc) is 3.15. The van der Waals surface area contributed by atoms with Crippen molar-refractivity contribution in [1.29, 1.82) is 0 Å². The molecule has 3 heterocycles. The number of ether oxygens (including phenoxy) is 1. The molecule has 2 aliphatic heterocycles. The van der Waals surface area contributed by atoms with Crippen molar-refractivity contribution >= 4 is 23.2 Å². The van der Waals surface area contributed by atoms with Crippen LogP contribution in [-0.4, -0.2) is 47.7 Å². The van der Waals surface area contributed by atoms with Gasteiger partial charge in [0.15, 0.2) is 0 Å². The first-order valence-corrected chi connectivity index (χ1v) is 8.63. The second-order valence-corrected chi connectivity index (χ2v) is 7.05. The number of nitrogens with zero attached hydrogens (tertiary/aromatic N) is 1. The number of carboxylic acid groups (broad SMARTS) is 1. The van der Waals surface area contributed by atoms with Gasteiger partial charge >= 0.3 is 5.97 Å². The summed E-state index contributed by atoms with van der Waals surface area (Å²) in [6.07, 6.45) is 2.07. The number of likely N-dealkylation sites (tertiary alicyclic amines) is 1. The molecule has 2 saturated heterocycles. The molecule has 0 spiro atoms. The molecular weight excluding hydrogens is 302 g/mol. The van der Waals surface area contributed by atoms with Crippen LogP contribution in [0.25, 0.3) is 0 Å². The third kappa shape index (κ3) is 2.90. The first-order chi connectivity index (χ1) is 10.6. The molecule has 5 nitrogen and oxygen atoms in total. The first kappa shape index (κ1) is 15.5. The van der Waals surface area contributed by atoms with Gasteiger partial charge in [-0.2, -0.15) is 0 Å². The summed E-state index contributed by atoms with van der Waals surface area (Å²) in [7, 11) is 0. The number of amides is 1. The number of aryl methyl sites for hydroxylation is 1. The largest absolute Gasteiger partial charge is 0.481 e. The van der Waals surface area contributed by atoms with Crippen LogP contribution in [0.4, 0.5) is 0 Å². The Kier molecular flexibility index (Phi) is 4.49. The van der Waals surface area contributed by atoms with Gasteiger partial charge in [-0.1, -0.05) is 0 Å². The van der Waals surface area contributed by atoms with Crippen molar-refractivity contribution in [1.82, 2.24) is 4.90 Å². The quantitative estimate of drug-likeness (QED) is 0.927. The van der Waals surface area contributed by atoms with Gasteiger partial charge in [0.05, 0.1) is 16.9 Å². The van der Waals surface area contributed by atoms with Crippen LogP contribution < -0.4 is 0 Å². The Hall–Kier alpha value is -1.40. The van der Waals surface area contributed by atoms with E-state index in [-0.39, 0.29) is 23.8 Å². The molecule has 2 aliphatic rings. The van der Waals surface area contributed by atoms with E-state index in [2.05, 4.69) is 0 Å². The maximum atomic E-state index is 12.5. The average molecular weight is 323 g/mol. The van der Waals surface area contributed by atoms with Crippen LogP contribution in [-0.2, 0) is 9.53 Å². The van der Waals surface area contributed by atoms with E-state index in [0.29, 0.717) is 26.1 Å². The zero-order valence-corrected chi connectivity index (χ0v) is 13.5. The van der Waals surface area contributed by atoms with Crippen LogP contribution in [0.2, 0.25) is 0 Å². The highest BCUT2D eigenvalue weighted by Crippen LogP contribution is 2.33. The fourth-order valence-corrected chi connectivity index (χ4v) is 4.40. The minimum Gasteiger partial charge on any atom is -0.481 e. The van der Waals surface area contributed by atoms with Gasteiger partial charge < -0.3 is 14.7 Å². The second-order valence-electron chi connectivity index (χ2n) is 6.13. The zero-order valence-electron chi connectivity index (χ0n) is 12.7. The number of hydrogen-bond acceptors (Lipinski definition) is 4. The molecule has 6 heteroatoms. The highest BCUT2D eigenvalue weighted by atomic mass is 32.1. The molecule has 3 rings (SSSR count). The van der Waals surface area contributed by atoms with E-state index < -0.39 is 5.97 Å². The Bertz CT molecular complexity index is 562. The minimum absolute atomic E-state index is 0.105. The molecule has 0 aromatic carbocycles. The summed E-state index contributed by atoms with van der Waals surface area (Å²) in [5.41, 5.74) is 1.03. The standard InChI is InChI=1S/C16H21NO4S/c1-10-5-9-22-14(10)15(18)17-6-2-11(3-7-17)13-12(16(19)20)4-8-21-13/h5,9,11-13H,2-4,6-8H2,1H3,(H,19,20)/t12?,13-/m0/s1. The molecule has 0 aliphatic carbocycles. The van der Waals surface area contributed by atoms with Crippen molar-refractivity contribution in [2.45, 2.75) is 32.3 Å². The van der Waals surface area contributed by atoms with E-state index >= 15 is 0 Å². The number of piperidine rings is 1. The lowest BCUT2D eigenvalue weighted by Crippen LogP contribution is -2.43. The molecule has 1 amide bonds. The highest BCUT2D eigenvalue weighted by molar-refractivity contribution is 7.12.